The van der Waals surface area contributed by atoms with Gasteiger partial charge in [-0.3, -0.25) is 0 Å². The second-order valence-corrected chi connectivity index (χ2v) is 9.25. The first kappa shape index (κ1) is 25.4. The van der Waals surface area contributed by atoms with E-state index in [0.717, 1.165) is 11.1 Å². The normalized spacial score (nSPS) is 11.1. The van der Waals surface area contributed by atoms with Crippen molar-refractivity contribution >= 4 is 0 Å². The fraction of sp³-hybridized carbons (Fsp3) is 0.172. The molecular weight excluding hydrogens is 476 g/mol. The Labute approximate surface area is 213 Å². The lowest BCUT2D eigenvalue weighted by Gasteiger charge is -2.15. The summed E-state index contributed by atoms with van der Waals surface area (Å²) < 4.78 is 0. The maximum Gasteiger partial charge on any atom is 0.200 e. The highest BCUT2D eigenvalue weighted by Crippen LogP contribution is 2.41. The van der Waals surface area contributed by atoms with E-state index in [9.17, 15) is 40.9 Å². The third kappa shape index (κ3) is 4.99. The van der Waals surface area contributed by atoms with Gasteiger partial charge in [0.2, 0.25) is 11.5 Å². The molecule has 192 valence electrons. The van der Waals surface area contributed by atoms with Crippen molar-refractivity contribution in [3.8, 4) is 46.0 Å². The molecule has 8 N–H and O–H groups in total. The average molecular weight is 505 g/mol. The minimum absolute atomic E-state index is 0.0564. The molecule has 0 fully saturated rings. The van der Waals surface area contributed by atoms with Crippen LogP contribution in [-0.4, -0.2) is 40.9 Å². The standard InChI is InChI=1S/C29H28O8/c1-14-7-16(10-20(24(14)32)12-18-3-5-22(30)28(36)26(18)34)9-17-8-15(2)25(33)21(11-17)13-19-4-6-23(31)29(37)27(19)35/h3-8,10-11,30-37H,9,12-13H2,1-2H3. The van der Waals surface area contributed by atoms with Gasteiger partial charge in [-0.1, -0.05) is 36.4 Å². The molecule has 8 nitrogen and oxygen atoms in total. The van der Waals surface area contributed by atoms with Gasteiger partial charge in [0.15, 0.2) is 23.0 Å². The average Bonchev–Trinajstić information content (AvgIpc) is 2.85. The number of rotatable bonds is 6. The third-order valence-corrected chi connectivity index (χ3v) is 6.48. The van der Waals surface area contributed by atoms with Crippen LogP contribution in [0.2, 0.25) is 0 Å². The van der Waals surface area contributed by atoms with Gasteiger partial charge in [-0.2, -0.15) is 0 Å². The molecule has 0 saturated carbocycles. The third-order valence-electron chi connectivity index (χ3n) is 6.48. The summed E-state index contributed by atoms with van der Waals surface area (Å²) >= 11 is 0. The highest BCUT2D eigenvalue weighted by molar-refractivity contribution is 5.57. The quantitative estimate of drug-likeness (QED) is 0.175. The molecule has 0 radical (unpaired) electrons. The summed E-state index contributed by atoms with van der Waals surface area (Å²) in [6.45, 7) is 3.51. The van der Waals surface area contributed by atoms with Gasteiger partial charge in [-0.05, 0) is 65.8 Å². The second kappa shape index (κ2) is 9.73. The first-order valence-corrected chi connectivity index (χ1v) is 11.5. The Kier molecular flexibility index (Phi) is 6.68. The number of phenols is 8. The Bertz CT molecular complexity index is 1390. The van der Waals surface area contributed by atoms with Crippen LogP contribution in [0.15, 0.2) is 48.5 Å². The van der Waals surface area contributed by atoms with Crippen molar-refractivity contribution in [2.24, 2.45) is 0 Å². The monoisotopic (exact) mass is 504 g/mol. The fourth-order valence-corrected chi connectivity index (χ4v) is 4.49. The molecule has 0 atom stereocenters. The molecule has 4 rings (SSSR count). The first-order chi connectivity index (χ1) is 17.5. The lowest BCUT2D eigenvalue weighted by Crippen LogP contribution is -1.99. The minimum Gasteiger partial charge on any atom is -0.507 e. The maximum absolute atomic E-state index is 10.6. The Balaban J connectivity index is 1.66. The van der Waals surface area contributed by atoms with E-state index in [0.29, 0.717) is 39.8 Å². The SMILES string of the molecule is Cc1cc(Cc2cc(C)c(O)c(Cc3ccc(O)c(O)c3O)c2)cc(Cc2ccc(O)c(O)c2O)c1O. The summed E-state index contributed by atoms with van der Waals surface area (Å²) in [5.41, 5.74) is 4.67. The summed E-state index contributed by atoms with van der Waals surface area (Å²) in [6.07, 6.45) is 0.676. The molecule has 8 heteroatoms. The van der Waals surface area contributed by atoms with Gasteiger partial charge in [0, 0.05) is 24.0 Å². The number of benzene rings is 4. The lowest BCUT2D eigenvalue weighted by molar-refractivity contribution is 0.365. The van der Waals surface area contributed by atoms with E-state index in [4.69, 9.17) is 0 Å². The lowest BCUT2D eigenvalue weighted by atomic mass is 9.92. The van der Waals surface area contributed by atoms with Crippen LogP contribution in [0.4, 0.5) is 0 Å². The first-order valence-electron chi connectivity index (χ1n) is 11.5. The van der Waals surface area contributed by atoms with E-state index in [2.05, 4.69) is 0 Å². The van der Waals surface area contributed by atoms with Crippen LogP contribution >= 0.6 is 0 Å². The number of phenolic OH excluding ortho intramolecular Hbond substituents is 8. The van der Waals surface area contributed by atoms with Crippen LogP contribution in [0.1, 0.15) is 44.5 Å². The van der Waals surface area contributed by atoms with Gasteiger partial charge in [0.25, 0.3) is 0 Å². The predicted octanol–water partition coefficient (Wildman–Crippen LogP) is 4.72. The van der Waals surface area contributed by atoms with Gasteiger partial charge in [-0.25, -0.2) is 0 Å². The Morgan fingerprint density at radius 1 is 0.405 bits per heavy atom. The minimum atomic E-state index is -0.620. The van der Waals surface area contributed by atoms with Crippen LogP contribution in [-0.2, 0) is 19.3 Å². The topological polar surface area (TPSA) is 162 Å². The van der Waals surface area contributed by atoms with Crippen molar-refractivity contribution in [3.63, 3.8) is 0 Å². The molecule has 0 aliphatic carbocycles. The van der Waals surface area contributed by atoms with Crippen LogP contribution in [0, 0.1) is 13.8 Å². The molecule has 0 aliphatic rings. The molecule has 0 aromatic heterocycles. The molecule has 4 aromatic carbocycles. The summed E-state index contributed by atoms with van der Waals surface area (Å²) in [4.78, 5) is 0. The Morgan fingerprint density at radius 2 is 0.784 bits per heavy atom. The number of hydrogen-bond acceptors (Lipinski definition) is 8. The Hall–Kier alpha value is -4.72. The smallest absolute Gasteiger partial charge is 0.200 e. The maximum atomic E-state index is 10.6. The molecular formula is C29H28O8. The van der Waals surface area contributed by atoms with Crippen LogP contribution in [0.3, 0.4) is 0 Å². The molecule has 0 amide bonds. The van der Waals surface area contributed by atoms with E-state index < -0.39 is 34.5 Å². The highest BCUT2D eigenvalue weighted by atomic mass is 16.3. The van der Waals surface area contributed by atoms with Crippen molar-refractivity contribution in [1.82, 2.24) is 0 Å². The molecule has 0 saturated heterocycles. The molecule has 0 heterocycles. The Morgan fingerprint density at radius 3 is 1.16 bits per heavy atom. The van der Waals surface area contributed by atoms with E-state index in [-0.39, 0.29) is 24.3 Å². The molecule has 0 unspecified atom stereocenters. The van der Waals surface area contributed by atoms with Gasteiger partial charge in [0.05, 0.1) is 0 Å². The van der Waals surface area contributed by atoms with Gasteiger partial charge in [0.1, 0.15) is 11.5 Å². The second-order valence-electron chi connectivity index (χ2n) is 9.25. The van der Waals surface area contributed by atoms with Gasteiger partial charge in [-0.15, -0.1) is 0 Å². The summed E-state index contributed by atoms with van der Waals surface area (Å²) in [5, 5.41) is 80.5. The van der Waals surface area contributed by atoms with Gasteiger partial charge < -0.3 is 40.9 Å². The van der Waals surface area contributed by atoms with Crippen molar-refractivity contribution < 1.29 is 40.9 Å². The van der Waals surface area contributed by atoms with Crippen molar-refractivity contribution in [1.29, 1.82) is 0 Å². The largest absolute Gasteiger partial charge is 0.507 e. The summed E-state index contributed by atoms with van der Waals surface area (Å²) in [5.74, 6) is -2.92. The van der Waals surface area contributed by atoms with E-state index in [1.807, 2.05) is 12.1 Å². The summed E-state index contributed by atoms with van der Waals surface area (Å²) in [7, 11) is 0. The number of aryl methyl sites for hydroxylation is 2. The summed E-state index contributed by atoms with van der Waals surface area (Å²) in [6, 6.07) is 12.7. The van der Waals surface area contributed by atoms with Crippen molar-refractivity contribution in [3.05, 3.63) is 93.0 Å². The van der Waals surface area contributed by atoms with Gasteiger partial charge >= 0.3 is 0 Å². The van der Waals surface area contributed by atoms with E-state index in [1.54, 1.807) is 26.0 Å². The van der Waals surface area contributed by atoms with E-state index in [1.165, 1.54) is 24.3 Å². The molecule has 0 spiro atoms. The molecule has 0 aliphatic heterocycles. The molecule has 37 heavy (non-hydrogen) atoms. The zero-order chi connectivity index (χ0) is 27.0. The highest BCUT2D eigenvalue weighted by Gasteiger charge is 2.17. The van der Waals surface area contributed by atoms with Crippen molar-refractivity contribution in [2.75, 3.05) is 0 Å². The molecule has 0 bridgehead atoms. The number of hydrogen-bond donors (Lipinski definition) is 8. The predicted molar refractivity (Wildman–Crippen MR) is 137 cm³/mol. The van der Waals surface area contributed by atoms with Crippen LogP contribution in [0.5, 0.6) is 46.0 Å². The van der Waals surface area contributed by atoms with E-state index >= 15 is 0 Å². The zero-order valence-electron chi connectivity index (χ0n) is 20.3. The molecule has 4 aromatic rings. The van der Waals surface area contributed by atoms with Crippen LogP contribution < -0.4 is 0 Å². The number of aromatic hydroxyl groups is 8. The van der Waals surface area contributed by atoms with Crippen LogP contribution in [0.25, 0.3) is 0 Å². The zero-order valence-corrected chi connectivity index (χ0v) is 20.3. The van der Waals surface area contributed by atoms with Crippen molar-refractivity contribution in [2.45, 2.75) is 33.1 Å². The fourth-order valence-electron chi connectivity index (χ4n) is 4.49.